The Balaban J connectivity index is -0.000000111. The number of ether oxygens (including phenoxy) is 1. The molecule has 0 amide bonds. The van der Waals surface area contributed by atoms with Crippen molar-refractivity contribution in [3.8, 4) is 0 Å². The number of rotatable bonds is 5. The molecule has 0 unspecified atom stereocenters. The van der Waals surface area contributed by atoms with Crippen LogP contribution in [0.5, 0.6) is 0 Å². The van der Waals surface area contributed by atoms with Gasteiger partial charge >= 0.3 is 38.3 Å². The zero-order valence-electron chi connectivity index (χ0n) is 15.9. The van der Waals surface area contributed by atoms with Gasteiger partial charge in [-0.25, -0.2) is 0 Å². The van der Waals surface area contributed by atoms with E-state index in [-0.39, 0.29) is 38.3 Å². The second-order valence-electron chi connectivity index (χ2n) is 5.82. The molecular formula is C16H35LiN2OZn. The summed E-state index contributed by atoms with van der Waals surface area (Å²) in [7, 11) is 0. The van der Waals surface area contributed by atoms with Gasteiger partial charge in [0.25, 0.3) is 0 Å². The number of hydrogen-bond donors (Lipinski definition) is 0. The van der Waals surface area contributed by atoms with E-state index in [1.54, 1.807) is 0 Å². The minimum absolute atomic E-state index is 0. The summed E-state index contributed by atoms with van der Waals surface area (Å²) in [6.45, 7) is 18.4. The van der Waals surface area contributed by atoms with E-state index >= 15 is 0 Å². The molecule has 0 atom stereocenters. The molecular weight excluding hydrogens is 309 g/mol. The van der Waals surface area contributed by atoms with Crippen LogP contribution in [-0.2, 0) is 24.2 Å². The van der Waals surface area contributed by atoms with Gasteiger partial charge in [-0.15, -0.1) is 12.1 Å². The zero-order chi connectivity index (χ0) is 15.1. The summed E-state index contributed by atoms with van der Waals surface area (Å²) in [6, 6.07) is 0.921. The van der Waals surface area contributed by atoms with Crippen molar-refractivity contribution >= 4 is 0 Å². The van der Waals surface area contributed by atoms with Crippen LogP contribution in [-0.4, -0.2) is 38.4 Å². The fraction of sp³-hybridized carbons (Fsp3) is 0.938. The van der Waals surface area contributed by atoms with Gasteiger partial charge in [0, 0.05) is 13.2 Å². The summed E-state index contributed by atoms with van der Waals surface area (Å²) in [4.78, 5) is 0. The summed E-state index contributed by atoms with van der Waals surface area (Å²) in [5.41, 5.74) is 0. The van der Waals surface area contributed by atoms with Gasteiger partial charge in [0.15, 0.2) is 0 Å². The van der Waals surface area contributed by atoms with Crippen molar-refractivity contribution in [2.75, 3.05) is 26.3 Å². The van der Waals surface area contributed by atoms with Crippen LogP contribution in [0.15, 0.2) is 0 Å². The van der Waals surface area contributed by atoms with Crippen molar-refractivity contribution in [2.24, 2.45) is 0 Å². The molecule has 0 radical (unpaired) electrons. The third-order valence-electron chi connectivity index (χ3n) is 1.92. The maximum absolute atomic E-state index is 4.94. The van der Waals surface area contributed by atoms with Crippen LogP contribution < -0.4 is 18.9 Å². The average Bonchev–Trinajstić information content (AvgIpc) is 2.81. The molecule has 0 aliphatic carbocycles. The first-order valence-electron chi connectivity index (χ1n) is 7.54. The van der Waals surface area contributed by atoms with Gasteiger partial charge in [0.1, 0.15) is 0 Å². The standard InChI is InChI=1S/C8H18N2.C4H8O.C4H9.Li.Zn/c1-7(2)9-5-6-10-8(3)4;1-2-4-5-3-1;1-4(2)3;;/h7-8H,5-6H2,1-4H3;1-4H2;1-3H3;;/q-2;;-1;+1;+2. The van der Waals surface area contributed by atoms with Gasteiger partial charge in [-0.05, 0) is 12.8 Å². The summed E-state index contributed by atoms with van der Waals surface area (Å²) < 4.78 is 4.94. The van der Waals surface area contributed by atoms with Crippen molar-refractivity contribution in [1.82, 2.24) is 0 Å². The number of hydrogen-bond acceptors (Lipinski definition) is 1. The first kappa shape index (κ1) is 30.0. The summed E-state index contributed by atoms with van der Waals surface area (Å²) in [6.07, 6.45) is 2.56. The van der Waals surface area contributed by atoms with Crippen LogP contribution in [0.3, 0.4) is 0 Å². The molecule has 118 valence electrons. The molecule has 1 aliphatic heterocycles. The van der Waals surface area contributed by atoms with Gasteiger partial charge in [-0.2, -0.15) is 33.9 Å². The Hall–Kier alpha value is 1.10. The summed E-state index contributed by atoms with van der Waals surface area (Å²) in [5, 5.41) is 8.61. The minimum atomic E-state index is 0. The third-order valence-corrected chi connectivity index (χ3v) is 1.92. The Bertz CT molecular complexity index is 146. The molecule has 21 heavy (non-hydrogen) atoms. The van der Waals surface area contributed by atoms with Gasteiger partial charge in [0.2, 0.25) is 0 Å². The fourth-order valence-corrected chi connectivity index (χ4v) is 1.14. The molecule has 1 aliphatic rings. The van der Waals surface area contributed by atoms with Crippen LogP contribution in [0.25, 0.3) is 10.6 Å². The van der Waals surface area contributed by atoms with Crippen molar-refractivity contribution in [2.45, 2.75) is 73.4 Å². The average molecular weight is 344 g/mol. The van der Waals surface area contributed by atoms with Crippen LogP contribution in [0.2, 0.25) is 0 Å². The van der Waals surface area contributed by atoms with E-state index in [1.807, 2.05) is 0 Å². The van der Waals surface area contributed by atoms with Crippen LogP contribution in [0, 0.1) is 5.92 Å². The quantitative estimate of drug-likeness (QED) is 0.427. The zero-order valence-corrected chi connectivity index (χ0v) is 18.9. The van der Waals surface area contributed by atoms with Crippen molar-refractivity contribution in [3.05, 3.63) is 16.6 Å². The van der Waals surface area contributed by atoms with Crippen LogP contribution in [0.1, 0.15) is 61.3 Å². The molecule has 1 fully saturated rings. The van der Waals surface area contributed by atoms with Crippen LogP contribution in [0.4, 0.5) is 0 Å². The van der Waals surface area contributed by atoms with Gasteiger partial charge in [-0.3, -0.25) is 0 Å². The smallest absolute Gasteiger partial charge is 0.661 e. The topological polar surface area (TPSA) is 37.4 Å². The Labute approximate surface area is 159 Å². The van der Waals surface area contributed by atoms with Crippen LogP contribution >= 0.6 is 0 Å². The Morgan fingerprint density at radius 3 is 1.29 bits per heavy atom. The predicted octanol–water partition coefficient (Wildman–Crippen LogP) is 1.97. The third kappa shape index (κ3) is 44.9. The Kier molecular flexibility index (Phi) is 33.4. The van der Waals surface area contributed by atoms with Gasteiger partial charge in [0.05, 0.1) is 0 Å². The first-order chi connectivity index (χ1) is 8.86. The maximum atomic E-state index is 4.94. The van der Waals surface area contributed by atoms with Gasteiger partial charge in [-0.1, -0.05) is 27.7 Å². The normalized spacial score (nSPS) is 12.9. The van der Waals surface area contributed by atoms with E-state index in [0.717, 1.165) is 26.3 Å². The van der Waals surface area contributed by atoms with E-state index in [9.17, 15) is 0 Å². The second-order valence-corrected chi connectivity index (χ2v) is 5.82. The van der Waals surface area contributed by atoms with E-state index < -0.39 is 0 Å². The molecule has 1 saturated heterocycles. The summed E-state index contributed by atoms with van der Waals surface area (Å²) in [5.74, 6) is 1.42. The van der Waals surface area contributed by atoms with Crippen molar-refractivity contribution in [1.29, 1.82) is 0 Å². The predicted molar refractivity (Wildman–Crippen MR) is 87.0 cm³/mol. The summed E-state index contributed by atoms with van der Waals surface area (Å²) >= 11 is 0. The molecule has 0 aromatic carbocycles. The minimum Gasteiger partial charge on any atom is -0.661 e. The Morgan fingerprint density at radius 2 is 1.14 bits per heavy atom. The monoisotopic (exact) mass is 342 g/mol. The molecule has 0 N–H and O–H groups in total. The SMILES string of the molecule is C1CCOC1.CC(C)[N-]CC[N-]C(C)C.C[C-](C)C.[Li+].[Zn+2]. The van der Waals surface area contributed by atoms with Gasteiger partial charge < -0.3 is 21.3 Å². The molecule has 0 bridgehead atoms. The Morgan fingerprint density at radius 1 is 0.857 bits per heavy atom. The largest absolute Gasteiger partial charge is 2.00 e. The first-order valence-corrected chi connectivity index (χ1v) is 7.54. The van der Waals surface area contributed by atoms with Crippen molar-refractivity contribution in [3.63, 3.8) is 0 Å². The second kappa shape index (κ2) is 23.4. The molecule has 1 rings (SSSR count). The molecule has 1 heterocycles. The van der Waals surface area contributed by atoms with E-state index in [4.69, 9.17) is 4.74 Å². The van der Waals surface area contributed by atoms with E-state index in [1.165, 1.54) is 18.8 Å². The van der Waals surface area contributed by atoms with E-state index in [2.05, 4.69) is 59.1 Å². The fourth-order valence-electron chi connectivity index (χ4n) is 1.14. The van der Waals surface area contributed by atoms with Crippen molar-refractivity contribution < 1.29 is 43.1 Å². The molecule has 0 saturated carbocycles. The molecule has 0 aromatic rings. The number of nitrogens with zero attached hydrogens (tertiary/aromatic N) is 2. The molecule has 0 aromatic heterocycles. The van der Waals surface area contributed by atoms with E-state index in [0.29, 0.717) is 12.1 Å². The molecule has 0 spiro atoms. The molecule has 5 heteroatoms. The maximum Gasteiger partial charge on any atom is 2.00 e. The molecule has 3 nitrogen and oxygen atoms in total.